The van der Waals surface area contributed by atoms with E-state index in [-0.39, 0.29) is 5.91 Å². The molecule has 5 heteroatoms. The molecule has 0 aliphatic heterocycles. The first-order chi connectivity index (χ1) is 6.67. The largest absolute Gasteiger partial charge is 0.308 e. The minimum absolute atomic E-state index is 0.325. The van der Waals surface area contributed by atoms with Gasteiger partial charge in [0.1, 0.15) is 5.92 Å². The lowest BCUT2D eigenvalue weighted by Crippen LogP contribution is -2.19. The van der Waals surface area contributed by atoms with Gasteiger partial charge in [-0.25, -0.2) is 0 Å². The quantitative estimate of drug-likeness (QED) is 0.776. The summed E-state index contributed by atoms with van der Waals surface area (Å²) in [7, 11) is 0. The van der Waals surface area contributed by atoms with Crippen LogP contribution in [0, 0.1) is 17.2 Å². The predicted molar refractivity (Wildman–Crippen MR) is 51.3 cm³/mol. The van der Waals surface area contributed by atoms with Crippen LogP contribution in [0.25, 0.3) is 0 Å². The Morgan fingerprint density at radius 1 is 1.86 bits per heavy atom. The Morgan fingerprint density at radius 2 is 2.57 bits per heavy atom. The van der Waals surface area contributed by atoms with Crippen LogP contribution < -0.4 is 5.32 Å². The molecule has 0 spiro atoms. The highest BCUT2D eigenvalue weighted by atomic mass is 16.1. The molecule has 5 nitrogen and oxygen atoms in total. The maximum absolute atomic E-state index is 11.3. The van der Waals surface area contributed by atoms with Crippen LogP contribution in [0.3, 0.4) is 0 Å². The summed E-state index contributed by atoms with van der Waals surface area (Å²) in [4.78, 5) is 11.3. The van der Waals surface area contributed by atoms with Gasteiger partial charge >= 0.3 is 0 Å². The van der Waals surface area contributed by atoms with Gasteiger partial charge in [-0.3, -0.25) is 9.48 Å². The minimum Gasteiger partial charge on any atom is -0.308 e. The van der Waals surface area contributed by atoms with Crippen LogP contribution in [0.2, 0.25) is 0 Å². The van der Waals surface area contributed by atoms with Crippen molar-refractivity contribution in [2.75, 3.05) is 5.32 Å². The minimum atomic E-state index is -0.651. The van der Waals surface area contributed by atoms with Crippen molar-refractivity contribution >= 4 is 11.7 Å². The topological polar surface area (TPSA) is 70.7 Å². The van der Waals surface area contributed by atoms with Crippen LogP contribution in [0.5, 0.6) is 0 Å². The molecule has 74 valence electrons. The molecular weight excluding hydrogens is 180 g/mol. The van der Waals surface area contributed by atoms with Gasteiger partial charge in [0.15, 0.2) is 5.82 Å². The van der Waals surface area contributed by atoms with E-state index in [2.05, 4.69) is 10.4 Å². The van der Waals surface area contributed by atoms with Gasteiger partial charge in [0, 0.05) is 18.8 Å². The second kappa shape index (κ2) is 4.42. The molecule has 1 rings (SSSR count). The number of rotatable bonds is 3. The van der Waals surface area contributed by atoms with Gasteiger partial charge in [0.25, 0.3) is 0 Å². The van der Waals surface area contributed by atoms with E-state index in [9.17, 15) is 4.79 Å². The summed E-state index contributed by atoms with van der Waals surface area (Å²) in [5, 5.41) is 15.1. The molecule has 1 aromatic rings. The summed E-state index contributed by atoms with van der Waals surface area (Å²) in [5.74, 6) is -0.491. The first-order valence-electron chi connectivity index (χ1n) is 4.41. The van der Waals surface area contributed by atoms with Crippen molar-refractivity contribution < 1.29 is 4.79 Å². The van der Waals surface area contributed by atoms with Gasteiger partial charge in [0.05, 0.1) is 6.07 Å². The summed E-state index contributed by atoms with van der Waals surface area (Å²) >= 11 is 0. The molecule has 0 saturated heterocycles. The Kier molecular flexibility index (Phi) is 3.24. The van der Waals surface area contributed by atoms with Crippen LogP contribution in [0.4, 0.5) is 5.82 Å². The van der Waals surface area contributed by atoms with Crippen molar-refractivity contribution in [3.63, 3.8) is 0 Å². The normalized spacial score (nSPS) is 11.8. The molecule has 0 aliphatic rings. The van der Waals surface area contributed by atoms with Gasteiger partial charge in [0.2, 0.25) is 5.91 Å². The first-order valence-corrected chi connectivity index (χ1v) is 4.41. The molecule has 0 radical (unpaired) electrons. The lowest BCUT2D eigenvalue weighted by atomic mass is 10.2. The third-order valence-electron chi connectivity index (χ3n) is 1.80. The number of nitriles is 1. The average Bonchev–Trinajstić information content (AvgIpc) is 2.64. The van der Waals surface area contributed by atoms with E-state index >= 15 is 0 Å². The Balaban J connectivity index is 2.61. The number of nitrogens with zero attached hydrogens (tertiary/aromatic N) is 3. The number of carbonyl (C=O) groups is 1. The molecule has 0 aliphatic carbocycles. The number of anilines is 1. The van der Waals surface area contributed by atoms with Crippen LogP contribution in [0.1, 0.15) is 13.8 Å². The van der Waals surface area contributed by atoms with Gasteiger partial charge in [-0.1, -0.05) is 0 Å². The fourth-order valence-corrected chi connectivity index (χ4v) is 0.898. The number of hydrogen-bond acceptors (Lipinski definition) is 3. The van der Waals surface area contributed by atoms with Crippen molar-refractivity contribution in [1.29, 1.82) is 5.26 Å². The van der Waals surface area contributed by atoms with Crippen LogP contribution in [0.15, 0.2) is 12.3 Å². The molecule has 0 fully saturated rings. The highest BCUT2D eigenvalue weighted by Crippen LogP contribution is 2.04. The summed E-state index contributed by atoms with van der Waals surface area (Å²) in [6.07, 6.45) is 1.77. The zero-order valence-electron chi connectivity index (χ0n) is 8.19. The summed E-state index contributed by atoms with van der Waals surface area (Å²) in [6.45, 7) is 4.26. The van der Waals surface area contributed by atoms with Gasteiger partial charge in [-0.15, -0.1) is 0 Å². The second-order valence-electron chi connectivity index (χ2n) is 2.90. The second-order valence-corrected chi connectivity index (χ2v) is 2.90. The standard InChI is InChI=1S/C9H12N4O/c1-3-13-5-4-8(12-13)11-9(14)7(2)6-10/h4-5,7H,3H2,1-2H3,(H,11,12,14). The lowest BCUT2D eigenvalue weighted by molar-refractivity contribution is -0.117. The summed E-state index contributed by atoms with van der Waals surface area (Å²) < 4.78 is 1.70. The van der Waals surface area contributed by atoms with Gasteiger partial charge < -0.3 is 5.32 Å². The van der Waals surface area contributed by atoms with E-state index in [1.807, 2.05) is 13.0 Å². The Morgan fingerprint density at radius 3 is 3.07 bits per heavy atom. The van der Waals surface area contributed by atoms with Crippen LogP contribution in [-0.2, 0) is 11.3 Å². The van der Waals surface area contributed by atoms with Gasteiger partial charge in [-0.2, -0.15) is 10.4 Å². The molecule has 1 unspecified atom stereocenters. The zero-order valence-corrected chi connectivity index (χ0v) is 8.19. The molecule has 0 aromatic carbocycles. The van der Waals surface area contributed by atoms with E-state index in [0.29, 0.717) is 5.82 Å². The van der Waals surface area contributed by atoms with E-state index in [1.54, 1.807) is 23.9 Å². The molecule has 14 heavy (non-hydrogen) atoms. The number of aryl methyl sites for hydroxylation is 1. The maximum Gasteiger partial charge on any atom is 0.242 e. The SMILES string of the molecule is CCn1ccc(NC(=O)C(C)C#N)n1. The Hall–Kier alpha value is -1.83. The molecule has 1 atom stereocenters. The maximum atomic E-state index is 11.3. The highest BCUT2D eigenvalue weighted by molar-refractivity contribution is 5.92. The van der Waals surface area contributed by atoms with E-state index in [0.717, 1.165) is 6.54 Å². The van der Waals surface area contributed by atoms with Crippen molar-refractivity contribution in [2.45, 2.75) is 20.4 Å². The molecule has 1 N–H and O–H groups in total. The number of hydrogen-bond donors (Lipinski definition) is 1. The van der Waals surface area contributed by atoms with Crippen molar-refractivity contribution in [1.82, 2.24) is 9.78 Å². The first kappa shape index (κ1) is 10.3. The van der Waals surface area contributed by atoms with E-state index in [4.69, 9.17) is 5.26 Å². The number of carbonyl (C=O) groups excluding carboxylic acids is 1. The molecular formula is C9H12N4O. The number of amides is 1. The number of aromatic nitrogens is 2. The van der Waals surface area contributed by atoms with Crippen LogP contribution in [-0.4, -0.2) is 15.7 Å². The average molecular weight is 192 g/mol. The van der Waals surface area contributed by atoms with Crippen molar-refractivity contribution in [2.24, 2.45) is 5.92 Å². The van der Waals surface area contributed by atoms with E-state index in [1.165, 1.54) is 0 Å². The van der Waals surface area contributed by atoms with Crippen molar-refractivity contribution in [3.8, 4) is 6.07 Å². The summed E-state index contributed by atoms with van der Waals surface area (Å²) in [5.41, 5.74) is 0. The smallest absolute Gasteiger partial charge is 0.242 e. The van der Waals surface area contributed by atoms with Gasteiger partial charge in [-0.05, 0) is 13.8 Å². The molecule has 0 bridgehead atoms. The zero-order chi connectivity index (χ0) is 10.6. The van der Waals surface area contributed by atoms with E-state index < -0.39 is 5.92 Å². The Bertz CT molecular complexity index is 363. The lowest BCUT2D eigenvalue weighted by Gasteiger charge is -2.01. The summed E-state index contributed by atoms with van der Waals surface area (Å²) in [6, 6.07) is 3.56. The predicted octanol–water partition coefficient (Wildman–Crippen LogP) is 1.00. The molecule has 0 saturated carbocycles. The Labute approximate surface area is 82.3 Å². The fraction of sp³-hybridized carbons (Fsp3) is 0.444. The monoisotopic (exact) mass is 192 g/mol. The molecule has 1 aromatic heterocycles. The van der Waals surface area contributed by atoms with Crippen LogP contribution >= 0.6 is 0 Å². The molecule has 1 amide bonds. The number of nitrogens with one attached hydrogen (secondary N) is 1. The third-order valence-corrected chi connectivity index (χ3v) is 1.80. The third kappa shape index (κ3) is 2.33. The molecule has 1 heterocycles. The fourth-order valence-electron chi connectivity index (χ4n) is 0.898. The van der Waals surface area contributed by atoms with Crippen molar-refractivity contribution in [3.05, 3.63) is 12.3 Å². The highest BCUT2D eigenvalue weighted by Gasteiger charge is 2.12.